The summed E-state index contributed by atoms with van der Waals surface area (Å²) in [6.07, 6.45) is -1.23. The van der Waals surface area contributed by atoms with Crippen molar-refractivity contribution in [1.29, 1.82) is 0 Å². The highest BCUT2D eigenvalue weighted by molar-refractivity contribution is 7.88. The SMILES string of the molecule is CNS(=O)(=O)Cc1ccccc1CNC(=O)[C@@H]1Oc2ccccc2O[C@@H]1C. The molecule has 7 nitrogen and oxygen atoms in total. The Morgan fingerprint density at radius 2 is 1.59 bits per heavy atom. The normalized spacial score (nSPS) is 18.7. The maximum absolute atomic E-state index is 12.6. The molecule has 3 rings (SSSR count). The third-order valence-electron chi connectivity index (χ3n) is 4.33. The van der Waals surface area contributed by atoms with Gasteiger partial charge in [-0.2, -0.15) is 0 Å². The molecule has 2 N–H and O–H groups in total. The van der Waals surface area contributed by atoms with Crippen molar-refractivity contribution in [2.24, 2.45) is 0 Å². The fraction of sp³-hybridized carbons (Fsp3) is 0.316. The molecule has 0 saturated heterocycles. The van der Waals surface area contributed by atoms with Gasteiger partial charge in [-0.25, -0.2) is 13.1 Å². The largest absolute Gasteiger partial charge is 0.482 e. The zero-order chi connectivity index (χ0) is 19.4. The molecule has 1 aliphatic heterocycles. The van der Waals surface area contributed by atoms with Crippen LogP contribution in [0.5, 0.6) is 11.5 Å². The number of nitrogens with one attached hydrogen (secondary N) is 2. The minimum absolute atomic E-state index is 0.150. The van der Waals surface area contributed by atoms with E-state index in [-0.39, 0.29) is 18.2 Å². The molecule has 144 valence electrons. The van der Waals surface area contributed by atoms with Crippen molar-refractivity contribution in [1.82, 2.24) is 10.0 Å². The molecule has 0 spiro atoms. The van der Waals surface area contributed by atoms with Gasteiger partial charge in [-0.05, 0) is 37.2 Å². The summed E-state index contributed by atoms with van der Waals surface area (Å²) in [6.45, 7) is 1.97. The van der Waals surface area contributed by atoms with E-state index in [4.69, 9.17) is 9.47 Å². The van der Waals surface area contributed by atoms with Gasteiger partial charge in [0.15, 0.2) is 11.5 Å². The number of rotatable bonds is 6. The van der Waals surface area contributed by atoms with Gasteiger partial charge in [0, 0.05) is 6.54 Å². The summed E-state index contributed by atoms with van der Waals surface area (Å²) in [5.41, 5.74) is 1.36. The third kappa shape index (κ3) is 4.58. The minimum atomic E-state index is -3.40. The number of hydrogen-bond acceptors (Lipinski definition) is 5. The van der Waals surface area contributed by atoms with Gasteiger partial charge in [0.05, 0.1) is 5.75 Å². The Bertz CT molecular complexity index is 929. The lowest BCUT2D eigenvalue weighted by molar-refractivity contribution is -0.133. The average Bonchev–Trinajstić information content (AvgIpc) is 2.66. The summed E-state index contributed by atoms with van der Waals surface area (Å²) in [5.74, 6) is 0.666. The summed E-state index contributed by atoms with van der Waals surface area (Å²) in [6, 6.07) is 14.3. The number of carbonyl (C=O) groups excluding carboxylic acids is 1. The van der Waals surface area contributed by atoms with Crippen molar-refractivity contribution in [3.8, 4) is 11.5 Å². The molecule has 0 saturated carbocycles. The van der Waals surface area contributed by atoms with Crippen LogP contribution in [-0.4, -0.2) is 33.6 Å². The predicted octanol–water partition coefficient (Wildman–Crippen LogP) is 1.58. The monoisotopic (exact) mass is 390 g/mol. The Labute approximate surface area is 158 Å². The van der Waals surface area contributed by atoms with Gasteiger partial charge in [-0.1, -0.05) is 36.4 Å². The van der Waals surface area contributed by atoms with Gasteiger partial charge in [0.1, 0.15) is 6.10 Å². The van der Waals surface area contributed by atoms with E-state index in [2.05, 4.69) is 10.0 Å². The summed E-state index contributed by atoms with van der Waals surface area (Å²) in [5, 5.41) is 2.81. The Morgan fingerprint density at radius 3 is 2.26 bits per heavy atom. The number of para-hydroxylation sites is 2. The molecule has 8 heteroatoms. The number of carbonyl (C=O) groups is 1. The molecular formula is C19H22N2O5S. The first-order valence-corrected chi connectivity index (χ1v) is 10.2. The molecule has 2 atom stereocenters. The number of hydrogen-bond donors (Lipinski definition) is 2. The van der Waals surface area contributed by atoms with Crippen molar-refractivity contribution >= 4 is 15.9 Å². The first-order valence-electron chi connectivity index (χ1n) is 8.57. The molecule has 0 unspecified atom stereocenters. The van der Waals surface area contributed by atoms with Crippen LogP contribution in [0.4, 0.5) is 0 Å². The first kappa shape index (κ1) is 19.2. The summed E-state index contributed by atoms with van der Waals surface area (Å²) >= 11 is 0. The predicted molar refractivity (Wildman–Crippen MR) is 101 cm³/mol. The molecule has 0 fully saturated rings. The van der Waals surface area contributed by atoms with Crippen LogP contribution in [0.1, 0.15) is 18.1 Å². The van der Waals surface area contributed by atoms with Crippen LogP contribution in [-0.2, 0) is 27.1 Å². The molecule has 2 aromatic rings. The zero-order valence-electron chi connectivity index (χ0n) is 15.1. The van der Waals surface area contributed by atoms with Crippen LogP contribution in [0, 0.1) is 0 Å². The molecule has 0 bridgehead atoms. The maximum Gasteiger partial charge on any atom is 0.265 e. The molecule has 27 heavy (non-hydrogen) atoms. The number of ether oxygens (including phenoxy) is 2. The first-order chi connectivity index (χ1) is 12.9. The second-order valence-electron chi connectivity index (χ2n) is 6.26. The number of sulfonamides is 1. The Hall–Kier alpha value is -2.58. The molecule has 1 aliphatic rings. The van der Waals surface area contributed by atoms with Gasteiger partial charge in [-0.3, -0.25) is 4.79 Å². The summed E-state index contributed by atoms with van der Waals surface area (Å²) in [4.78, 5) is 12.6. The van der Waals surface area contributed by atoms with E-state index >= 15 is 0 Å². The van der Waals surface area contributed by atoms with Crippen LogP contribution in [0.15, 0.2) is 48.5 Å². The van der Waals surface area contributed by atoms with Gasteiger partial charge >= 0.3 is 0 Å². The van der Waals surface area contributed by atoms with Crippen LogP contribution < -0.4 is 19.5 Å². The number of benzene rings is 2. The van der Waals surface area contributed by atoms with Crippen LogP contribution in [0.2, 0.25) is 0 Å². The topological polar surface area (TPSA) is 93.7 Å². The number of amides is 1. The average molecular weight is 390 g/mol. The Morgan fingerprint density at radius 1 is 1.00 bits per heavy atom. The zero-order valence-corrected chi connectivity index (χ0v) is 16.0. The molecule has 0 aliphatic carbocycles. The van der Waals surface area contributed by atoms with Gasteiger partial charge in [0.25, 0.3) is 5.91 Å². The highest BCUT2D eigenvalue weighted by Gasteiger charge is 2.33. The quantitative estimate of drug-likeness (QED) is 0.781. The van der Waals surface area contributed by atoms with Gasteiger partial charge in [0.2, 0.25) is 16.1 Å². The molecule has 0 radical (unpaired) electrons. The van der Waals surface area contributed by atoms with Crippen molar-refractivity contribution in [3.63, 3.8) is 0 Å². The van der Waals surface area contributed by atoms with Gasteiger partial charge < -0.3 is 14.8 Å². The van der Waals surface area contributed by atoms with Crippen molar-refractivity contribution < 1.29 is 22.7 Å². The summed E-state index contributed by atoms with van der Waals surface area (Å²) in [7, 11) is -2.03. The Kier molecular flexibility index (Phi) is 5.67. The van der Waals surface area contributed by atoms with Crippen molar-refractivity contribution in [2.45, 2.75) is 31.4 Å². The lowest BCUT2D eigenvalue weighted by Crippen LogP contribution is -2.48. The molecule has 1 heterocycles. The van der Waals surface area contributed by atoms with Crippen molar-refractivity contribution in [3.05, 3.63) is 59.7 Å². The van der Waals surface area contributed by atoms with Crippen molar-refractivity contribution in [2.75, 3.05) is 7.05 Å². The second-order valence-corrected chi connectivity index (χ2v) is 8.18. The third-order valence-corrected chi connectivity index (χ3v) is 5.64. The van der Waals surface area contributed by atoms with E-state index in [1.54, 1.807) is 43.3 Å². The van der Waals surface area contributed by atoms with E-state index in [0.29, 0.717) is 17.1 Å². The maximum atomic E-state index is 12.6. The fourth-order valence-electron chi connectivity index (χ4n) is 2.84. The highest BCUT2D eigenvalue weighted by Crippen LogP contribution is 2.33. The van der Waals surface area contributed by atoms with E-state index < -0.39 is 22.2 Å². The molecule has 2 aromatic carbocycles. The Balaban J connectivity index is 1.68. The van der Waals surface area contributed by atoms with Gasteiger partial charge in [-0.15, -0.1) is 0 Å². The highest BCUT2D eigenvalue weighted by atomic mass is 32.2. The lowest BCUT2D eigenvalue weighted by Gasteiger charge is -2.31. The van der Waals surface area contributed by atoms with Crippen LogP contribution in [0.25, 0.3) is 0 Å². The standard InChI is InChI=1S/C19H22N2O5S/c1-13-18(26-17-10-6-5-9-16(17)25-13)19(22)21-11-14-7-3-4-8-15(14)12-27(23,24)20-2/h3-10,13,18,20H,11-12H2,1-2H3,(H,21,22)/t13-,18-/m1/s1. The summed E-state index contributed by atoms with van der Waals surface area (Å²) < 4.78 is 37.5. The second kappa shape index (κ2) is 7.98. The van der Waals surface area contributed by atoms with E-state index in [0.717, 1.165) is 5.56 Å². The van der Waals surface area contributed by atoms with E-state index in [1.165, 1.54) is 7.05 Å². The van der Waals surface area contributed by atoms with E-state index in [9.17, 15) is 13.2 Å². The molecule has 0 aromatic heterocycles. The number of fused-ring (bicyclic) bond motifs is 1. The van der Waals surface area contributed by atoms with Crippen LogP contribution >= 0.6 is 0 Å². The van der Waals surface area contributed by atoms with E-state index in [1.807, 2.05) is 12.1 Å². The van der Waals surface area contributed by atoms with Crippen LogP contribution in [0.3, 0.4) is 0 Å². The smallest absolute Gasteiger partial charge is 0.265 e. The fourth-order valence-corrected chi connectivity index (χ4v) is 3.67. The molecule has 1 amide bonds. The minimum Gasteiger partial charge on any atom is -0.482 e. The lowest BCUT2D eigenvalue weighted by atomic mass is 10.1. The molecular weight excluding hydrogens is 368 g/mol.